The van der Waals surface area contributed by atoms with Crippen molar-refractivity contribution in [2.75, 3.05) is 20.1 Å². The third kappa shape index (κ3) is 2.70. The first kappa shape index (κ1) is 16.2. The highest BCUT2D eigenvalue weighted by atomic mass is 16.2. The van der Waals surface area contributed by atoms with Gasteiger partial charge >= 0.3 is 0 Å². The van der Waals surface area contributed by atoms with E-state index in [1.807, 2.05) is 43.4 Å². The minimum absolute atomic E-state index is 0.180. The molecule has 2 aromatic heterocycles. The highest BCUT2D eigenvalue weighted by Gasteiger charge is 2.14. The summed E-state index contributed by atoms with van der Waals surface area (Å²) in [4.78, 5) is 30.1. The fraction of sp³-hybridized carbons (Fsp3) is 0.150. The molecule has 0 atom stereocenters. The molecule has 2 aromatic carbocycles. The minimum Gasteiger partial charge on any atom is -0.351 e. The van der Waals surface area contributed by atoms with Gasteiger partial charge in [-0.25, -0.2) is 4.98 Å². The summed E-state index contributed by atoms with van der Waals surface area (Å²) in [5.41, 5.74) is 1.16. The van der Waals surface area contributed by atoms with Crippen molar-refractivity contribution in [3.05, 3.63) is 70.6 Å². The molecule has 0 radical (unpaired) electrons. The van der Waals surface area contributed by atoms with Gasteiger partial charge in [-0.15, -0.1) is 0 Å². The Morgan fingerprint density at radius 2 is 1.85 bits per heavy atom. The number of carbonyl (C=O) groups is 1. The summed E-state index contributed by atoms with van der Waals surface area (Å²) in [5.74, 6) is -0.245. The summed E-state index contributed by atoms with van der Waals surface area (Å²) in [6, 6.07) is 15.0. The van der Waals surface area contributed by atoms with Crippen molar-refractivity contribution < 1.29 is 4.79 Å². The number of likely N-dealkylation sites (N-methyl/N-ethyl adjacent to an activating group) is 1. The van der Waals surface area contributed by atoms with Crippen LogP contribution >= 0.6 is 0 Å². The van der Waals surface area contributed by atoms with Crippen LogP contribution in [0.5, 0.6) is 0 Å². The van der Waals surface area contributed by atoms with E-state index in [-0.39, 0.29) is 11.5 Å². The maximum atomic E-state index is 12.9. The molecule has 0 fully saturated rings. The highest BCUT2D eigenvalue weighted by Crippen LogP contribution is 2.20. The molecule has 0 unspecified atom stereocenters. The first-order chi connectivity index (χ1) is 12.7. The van der Waals surface area contributed by atoms with Crippen LogP contribution in [0.3, 0.4) is 0 Å². The maximum absolute atomic E-state index is 12.9. The van der Waals surface area contributed by atoms with Gasteiger partial charge in [0.1, 0.15) is 0 Å². The number of nitrogens with zero attached hydrogens (tertiary/aromatic N) is 2. The van der Waals surface area contributed by atoms with Crippen molar-refractivity contribution in [3.8, 4) is 0 Å². The molecular weight excluding hydrogens is 328 g/mol. The number of fused-ring (bicyclic) bond motifs is 3. The fourth-order valence-corrected chi connectivity index (χ4v) is 3.09. The number of rotatable bonds is 4. The third-order valence-electron chi connectivity index (χ3n) is 4.41. The van der Waals surface area contributed by atoms with E-state index in [1.54, 1.807) is 18.3 Å². The molecule has 1 amide bonds. The Kier molecular flexibility index (Phi) is 4.10. The maximum Gasteiger partial charge on any atom is 0.265 e. The molecule has 6 heteroatoms. The molecule has 2 heterocycles. The molecule has 0 aliphatic heterocycles. The molecule has 0 saturated heterocycles. The van der Waals surface area contributed by atoms with Gasteiger partial charge in [-0.3, -0.25) is 14.0 Å². The Morgan fingerprint density at radius 1 is 1.08 bits per heavy atom. The second-order valence-electron chi connectivity index (χ2n) is 6.11. The van der Waals surface area contributed by atoms with Crippen molar-refractivity contribution in [2.45, 2.75) is 0 Å². The van der Waals surface area contributed by atoms with E-state index in [1.165, 1.54) is 4.40 Å². The van der Waals surface area contributed by atoms with Crippen LogP contribution in [0.25, 0.3) is 27.3 Å². The van der Waals surface area contributed by atoms with Crippen LogP contribution in [-0.4, -0.2) is 35.4 Å². The molecule has 4 aromatic rings. The second-order valence-corrected chi connectivity index (χ2v) is 6.11. The number of nitrogens with one attached hydrogen (secondary N) is 2. The zero-order valence-electron chi connectivity index (χ0n) is 14.3. The van der Waals surface area contributed by atoms with Gasteiger partial charge in [0.15, 0.2) is 5.65 Å². The smallest absolute Gasteiger partial charge is 0.265 e. The Bertz CT molecular complexity index is 1200. The van der Waals surface area contributed by atoms with Gasteiger partial charge in [0.25, 0.3) is 11.5 Å². The molecule has 4 rings (SSSR count). The number of pyridine rings is 1. The van der Waals surface area contributed by atoms with E-state index >= 15 is 0 Å². The van der Waals surface area contributed by atoms with Gasteiger partial charge in [0.05, 0.1) is 16.5 Å². The molecule has 6 nitrogen and oxygen atoms in total. The molecular formula is C20H18N4O2. The molecule has 0 aliphatic rings. The number of hydrogen-bond donors (Lipinski definition) is 2. The van der Waals surface area contributed by atoms with Crippen LogP contribution in [0.1, 0.15) is 10.4 Å². The van der Waals surface area contributed by atoms with Gasteiger partial charge in [-0.05, 0) is 42.1 Å². The quantitative estimate of drug-likeness (QED) is 0.437. The van der Waals surface area contributed by atoms with E-state index in [2.05, 4.69) is 15.6 Å². The number of carbonyl (C=O) groups excluding carboxylic acids is 1. The number of hydrogen-bond acceptors (Lipinski definition) is 4. The predicted molar refractivity (Wildman–Crippen MR) is 103 cm³/mol. The van der Waals surface area contributed by atoms with E-state index in [9.17, 15) is 9.59 Å². The van der Waals surface area contributed by atoms with Crippen LogP contribution in [0.15, 0.2) is 59.5 Å². The summed E-state index contributed by atoms with van der Waals surface area (Å²) in [5, 5.41) is 8.34. The van der Waals surface area contributed by atoms with Crippen LogP contribution in [0.4, 0.5) is 0 Å². The summed E-state index contributed by atoms with van der Waals surface area (Å²) >= 11 is 0. The van der Waals surface area contributed by atoms with Gasteiger partial charge in [0.2, 0.25) is 0 Å². The van der Waals surface area contributed by atoms with E-state index in [0.29, 0.717) is 35.2 Å². The first-order valence-corrected chi connectivity index (χ1v) is 8.46. The van der Waals surface area contributed by atoms with Crippen LogP contribution < -0.4 is 16.2 Å². The first-order valence-electron chi connectivity index (χ1n) is 8.46. The number of benzene rings is 2. The Labute approximate surface area is 149 Å². The van der Waals surface area contributed by atoms with Gasteiger partial charge in [0, 0.05) is 19.3 Å². The topological polar surface area (TPSA) is 75.5 Å². The molecule has 0 spiro atoms. The summed E-state index contributed by atoms with van der Waals surface area (Å²) in [7, 11) is 1.82. The number of aromatic nitrogens is 2. The average molecular weight is 346 g/mol. The van der Waals surface area contributed by atoms with Crippen LogP contribution in [-0.2, 0) is 0 Å². The van der Waals surface area contributed by atoms with Crippen molar-refractivity contribution in [3.63, 3.8) is 0 Å². The third-order valence-corrected chi connectivity index (χ3v) is 4.41. The highest BCUT2D eigenvalue weighted by molar-refractivity contribution is 6.02. The average Bonchev–Trinajstić information content (AvgIpc) is 2.67. The Balaban J connectivity index is 1.94. The minimum atomic E-state index is -0.245. The SMILES string of the molecule is CNCCNC(=O)c1cccn2c(=O)c3cc4ccccc4cc3nc12. The van der Waals surface area contributed by atoms with E-state index < -0.39 is 0 Å². The monoisotopic (exact) mass is 346 g/mol. The van der Waals surface area contributed by atoms with E-state index in [0.717, 1.165) is 10.8 Å². The molecule has 0 aliphatic carbocycles. The lowest BCUT2D eigenvalue weighted by Crippen LogP contribution is -2.31. The number of amides is 1. The second kappa shape index (κ2) is 6.57. The molecule has 26 heavy (non-hydrogen) atoms. The van der Waals surface area contributed by atoms with Crippen molar-refractivity contribution in [1.29, 1.82) is 0 Å². The Hall–Kier alpha value is -3.25. The van der Waals surface area contributed by atoms with Gasteiger partial charge < -0.3 is 10.6 Å². The van der Waals surface area contributed by atoms with E-state index in [4.69, 9.17) is 0 Å². The molecule has 2 N–H and O–H groups in total. The summed E-state index contributed by atoms with van der Waals surface area (Å²) < 4.78 is 1.43. The lowest BCUT2D eigenvalue weighted by atomic mass is 10.1. The van der Waals surface area contributed by atoms with Crippen molar-refractivity contribution in [2.24, 2.45) is 0 Å². The predicted octanol–water partition coefficient (Wildman–Crippen LogP) is 1.95. The van der Waals surface area contributed by atoms with Crippen molar-refractivity contribution in [1.82, 2.24) is 20.0 Å². The lowest BCUT2D eigenvalue weighted by molar-refractivity contribution is 0.0955. The summed E-state index contributed by atoms with van der Waals surface area (Å²) in [6.45, 7) is 1.16. The molecule has 0 bridgehead atoms. The fourth-order valence-electron chi connectivity index (χ4n) is 3.09. The lowest BCUT2D eigenvalue weighted by Gasteiger charge is -2.10. The largest absolute Gasteiger partial charge is 0.351 e. The van der Waals surface area contributed by atoms with Crippen molar-refractivity contribution >= 4 is 33.2 Å². The zero-order valence-corrected chi connectivity index (χ0v) is 14.3. The Morgan fingerprint density at radius 3 is 2.62 bits per heavy atom. The summed E-state index contributed by atoms with van der Waals surface area (Å²) in [6.07, 6.45) is 1.64. The zero-order chi connectivity index (χ0) is 18.1. The van der Waals surface area contributed by atoms with Crippen LogP contribution in [0, 0.1) is 0 Å². The normalized spacial score (nSPS) is 11.3. The molecule has 0 saturated carbocycles. The van der Waals surface area contributed by atoms with Crippen LogP contribution in [0.2, 0.25) is 0 Å². The standard InChI is InChI=1S/C20H18N4O2/c1-21-8-9-22-19(25)15-7-4-10-24-18(15)23-17-12-14-6-3-2-5-13(14)11-16(17)20(24)26/h2-7,10-12,21H,8-9H2,1H3,(H,22,25). The van der Waals surface area contributed by atoms with Gasteiger partial charge in [-0.2, -0.15) is 0 Å². The van der Waals surface area contributed by atoms with Gasteiger partial charge in [-0.1, -0.05) is 24.3 Å². The molecule has 130 valence electrons.